The first-order valence-electron chi connectivity index (χ1n) is 27.7. The van der Waals surface area contributed by atoms with Crippen LogP contribution in [0.25, 0.3) is 22.3 Å². The van der Waals surface area contributed by atoms with Gasteiger partial charge in [0.25, 0.3) is 0 Å². The van der Waals surface area contributed by atoms with Crippen molar-refractivity contribution in [1.29, 1.82) is 0 Å². The number of imidazole rings is 4. The maximum Gasteiger partial charge on any atom is 0.320 e. The first-order valence-corrected chi connectivity index (χ1v) is 27.7. The number of nitrogens with zero attached hydrogens (tertiary/aromatic N) is 14. The van der Waals surface area contributed by atoms with Crippen molar-refractivity contribution in [3.05, 3.63) is 49.1 Å². The van der Waals surface area contributed by atoms with Gasteiger partial charge in [-0.1, -0.05) is 0 Å². The Morgan fingerprint density at radius 3 is 1.32 bits per heavy atom. The molecule has 4 fully saturated rings. The molecule has 0 spiro atoms. The number of likely N-dealkylation sites (tertiary alicyclic amines) is 2. The van der Waals surface area contributed by atoms with E-state index in [1.165, 1.54) is 0 Å². The van der Waals surface area contributed by atoms with Crippen molar-refractivity contribution in [2.45, 2.75) is 152 Å². The Morgan fingerprint density at radius 2 is 0.963 bits per heavy atom. The Hall–Kier alpha value is -7.31. The summed E-state index contributed by atoms with van der Waals surface area (Å²) in [7, 11) is 0. The van der Waals surface area contributed by atoms with Gasteiger partial charge < -0.3 is 90.6 Å². The summed E-state index contributed by atoms with van der Waals surface area (Å²) in [5.41, 5.74) is 3.53. The van der Waals surface area contributed by atoms with Crippen LogP contribution in [0.3, 0.4) is 0 Å². The number of aliphatic hydroxyl groups excluding tert-OH is 6. The topological polar surface area (TPSA) is 374 Å². The molecule has 0 aromatic carbocycles. The van der Waals surface area contributed by atoms with Crippen LogP contribution in [0.2, 0.25) is 0 Å². The van der Waals surface area contributed by atoms with Crippen molar-refractivity contribution >= 4 is 63.7 Å². The SMILES string of the molecule is CC(C)n1cnc(CCNc2nc(NC3CCN(C(=O)N4CCC(Nc5nc(NCCc6cn(C(C)C)cn6)nc6c5ncn6[C@@H]5C[C@H](NC(=O)CO)[C@@H](O)[C@H]5O)CC4)CC3)c3ncn([C@@H]4C[C@H](NC(=O)CO)[C@@H](O)[C@H]4O)c3n2)c1. The van der Waals surface area contributed by atoms with Crippen LogP contribution in [0.1, 0.15) is 102 Å². The van der Waals surface area contributed by atoms with Gasteiger partial charge in [-0.25, -0.2) is 24.7 Å². The predicted octanol–water partition coefficient (Wildman–Crippen LogP) is -0.310. The molecular weight excluding hydrogens is 1040 g/mol. The number of aliphatic hydroxyl groups is 6. The van der Waals surface area contributed by atoms with Crippen LogP contribution in [0.15, 0.2) is 37.7 Å². The van der Waals surface area contributed by atoms with Gasteiger partial charge >= 0.3 is 6.03 Å². The lowest BCUT2D eigenvalue weighted by Crippen LogP contribution is -2.51. The van der Waals surface area contributed by atoms with Gasteiger partial charge in [0.15, 0.2) is 34.0 Å². The van der Waals surface area contributed by atoms with Crippen LogP contribution in [0, 0.1) is 0 Å². The molecule has 29 nitrogen and oxygen atoms in total. The number of carbonyl (C=O) groups is 3. The highest BCUT2D eigenvalue weighted by Crippen LogP contribution is 2.37. The molecule has 6 aromatic heterocycles. The van der Waals surface area contributed by atoms with E-state index in [2.05, 4.69) is 79.5 Å². The maximum absolute atomic E-state index is 14.1. The van der Waals surface area contributed by atoms with Gasteiger partial charge in [-0.2, -0.15) is 19.9 Å². The average Bonchev–Trinajstić information content (AvgIpc) is 4.36. The summed E-state index contributed by atoms with van der Waals surface area (Å²) in [5, 5.41) is 81.9. The fourth-order valence-electron chi connectivity index (χ4n) is 11.2. The number of hydrogen-bond donors (Lipinski definition) is 12. The number of aromatic nitrogens is 12. The Morgan fingerprint density at radius 1 is 0.562 bits per heavy atom. The highest BCUT2D eigenvalue weighted by Gasteiger charge is 2.45. The Kier molecular flexibility index (Phi) is 16.9. The molecule has 2 aliphatic heterocycles. The van der Waals surface area contributed by atoms with Crippen LogP contribution in [0.5, 0.6) is 0 Å². The molecular formula is C51H74N20O9. The molecule has 8 heterocycles. The molecule has 10 rings (SSSR count). The lowest BCUT2D eigenvalue weighted by Gasteiger charge is -2.39. The van der Waals surface area contributed by atoms with E-state index < -0.39 is 73.6 Å². The molecule has 0 bridgehead atoms. The summed E-state index contributed by atoms with van der Waals surface area (Å²) in [5.74, 6) is 0.250. The van der Waals surface area contributed by atoms with E-state index in [1.54, 1.807) is 34.4 Å². The molecule has 4 amide bonds. The number of anilines is 4. The van der Waals surface area contributed by atoms with Gasteiger partial charge in [0.2, 0.25) is 23.7 Å². The van der Waals surface area contributed by atoms with E-state index in [-0.39, 0.29) is 43.0 Å². The van der Waals surface area contributed by atoms with Gasteiger partial charge in [0.1, 0.15) is 37.6 Å². The summed E-state index contributed by atoms with van der Waals surface area (Å²) in [4.78, 5) is 79.8. The third-order valence-corrected chi connectivity index (χ3v) is 15.9. The van der Waals surface area contributed by atoms with E-state index in [9.17, 15) is 45.0 Å². The van der Waals surface area contributed by atoms with Gasteiger partial charge in [0, 0.05) is 88.7 Å². The standard InChI is InChI=1S/C51H74N20O9/c1-27(2)68-19-31(54-23-68)5-11-52-49-62-45(39-47(64-49)70(25-56-39)35-17-33(41(76)43(35)78)60-37(74)21-72)58-29-7-13-66(14-8-29)51(80)67-15-9-30(10-16-67)59-46-40-48(65-50(63-46)53-12-6-32-20-69(24-55-32)28(3)4)71(26-57-40)36-18-34(42(77)44(36)79)61-38(75)22-73/h19-20,23-30,33-36,41-44,72-73,76-79H,5-18,21-22H2,1-4H3,(H,60,74)(H,61,75)(H2,52,58,62,64)(H2,53,59,63,65)/t33-,34-,35+,36+,41+,42+,43-,44-/m0/s1. The van der Waals surface area contributed by atoms with Crippen molar-refractivity contribution in [1.82, 2.24) is 78.6 Å². The Balaban J connectivity index is 0.785. The summed E-state index contributed by atoms with van der Waals surface area (Å²) >= 11 is 0. The minimum atomic E-state index is -1.29. The molecule has 29 heteroatoms. The normalized spacial score (nSPS) is 23.9. The fourth-order valence-corrected chi connectivity index (χ4v) is 11.2. The Labute approximate surface area is 460 Å². The molecule has 432 valence electrons. The quantitative estimate of drug-likeness (QED) is 0.0466. The van der Waals surface area contributed by atoms with Crippen LogP contribution >= 0.6 is 0 Å². The largest absolute Gasteiger partial charge is 0.388 e. The lowest BCUT2D eigenvalue weighted by atomic mass is 10.0. The second-order valence-electron chi connectivity index (χ2n) is 21.9. The molecule has 2 aliphatic carbocycles. The number of carbonyl (C=O) groups excluding carboxylic acids is 3. The molecule has 4 aliphatic rings. The minimum absolute atomic E-state index is 0.0424. The molecule has 80 heavy (non-hydrogen) atoms. The van der Waals surface area contributed by atoms with Gasteiger partial charge in [-0.3, -0.25) is 9.59 Å². The van der Waals surface area contributed by atoms with E-state index in [0.717, 1.165) is 11.4 Å². The smallest absolute Gasteiger partial charge is 0.320 e. The average molecular weight is 1110 g/mol. The zero-order chi connectivity index (χ0) is 56.4. The minimum Gasteiger partial charge on any atom is -0.388 e. The number of piperidine rings is 2. The summed E-state index contributed by atoms with van der Waals surface area (Å²) in [6.45, 7) is 9.77. The maximum atomic E-state index is 14.1. The Bertz CT molecular complexity index is 2910. The third kappa shape index (κ3) is 12.1. The molecule has 0 unspecified atom stereocenters. The summed E-state index contributed by atoms with van der Waals surface area (Å²) in [6, 6.07) is -2.65. The second-order valence-corrected chi connectivity index (χ2v) is 21.9. The molecule has 2 saturated carbocycles. The monoisotopic (exact) mass is 1110 g/mol. The van der Waals surface area contributed by atoms with E-state index in [1.807, 2.05) is 31.3 Å². The highest BCUT2D eigenvalue weighted by atomic mass is 16.3. The van der Waals surface area contributed by atoms with Crippen molar-refractivity contribution < 1.29 is 45.0 Å². The number of urea groups is 1. The highest BCUT2D eigenvalue weighted by molar-refractivity contribution is 5.86. The number of rotatable bonds is 20. The van der Waals surface area contributed by atoms with Crippen molar-refractivity contribution in [2.24, 2.45) is 0 Å². The zero-order valence-electron chi connectivity index (χ0n) is 45.4. The van der Waals surface area contributed by atoms with Crippen molar-refractivity contribution in [3.8, 4) is 0 Å². The molecule has 0 radical (unpaired) electrons. The van der Waals surface area contributed by atoms with Crippen LogP contribution in [-0.2, 0) is 22.4 Å². The third-order valence-electron chi connectivity index (χ3n) is 15.9. The summed E-state index contributed by atoms with van der Waals surface area (Å²) in [6.07, 6.45) is 9.65. The molecule has 2 saturated heterocycles. The first-order chi connectivity index (χ1) is 38.5. The number of hydrogen-bond acceptors (Lipinski definition) is 21. The van der Waals surface area contributed by atoms with E-state index in [4.69, 9.17) is 19.9 Å². The van der Waals surface area contributed by atoms with E-state index >= 15 is 0 Å². The van der Waals surface area contributed by atoms with Crippen LogP contribution in [0.4, 0.5) is 28.3 Å². The molecule has 8 atom stereocenters. The first kappa shape index (κ1) is 56.0. The van der Waals surface area contributed by atoms with Crippen molar-refractivity contribution in [2.75, 3.05) is 73.7 Å². The number of fused-ring (bicyclic) bond motifs is 2. The van der Waals surface area contributed by atoms with Crippen LogP contribution in [-0.4, -0.2) is 217 Å². The van der Waals surface area contributed by atoms with Crippen LogP contribution < -0.4 is 31.9 Å². The lowest BCUT2D eigenvalue weighted by molar-refractivity contribution is -0.126. The van der Waals surface area contributed by atoms with Gasteiger partial charge in [-0.15, -0.1) is 0 Å². The van der Waals surface area contributed by atoms with Crippen molar-refractivity contribution in [3.63, 3.8) is 0 Å². The number of nitrogens with one attached hydrogen (secondary N) is 6. The fraction of sp³-hybridized carbons (Fsp3) is 0.627. The number of amides is 4. The van der Waals surface area contributed by atoms with E-state index in [0.29, 0.717) is 124 Å². The second kappa shape index (κ2) is 24.2. The molecule has 6 aromatic rings. The zero-order valence-corrected chi connectivity index (χ0v) is 45.4. The molecule has 12 N–H and O–H groups in total. The van der Waals surface area contributed by atoms with Gasteiger partial charge in [-0.05, 0) is 66.2 Å². The predicted molar refractivity (Wildman–Crippen MR) is 291 cm³/mol. The van der Waals surface area contributed by atoms with Gasteiger partial charge in [0.05, 0.1) is 60.9 Å². The summed E-state index contributed by atoms with van der Waals surface area (Å²) < 4.78 is 7.46.